The van der Waals surface area contributed by atoms with Gasteiger partial charge in [-0.05, 0) is 56.3 Å². The Morgan fingerprint density at radius 3 is 2.30 bits per heavy atom. The van der Waals surface area contributed by atoms with Crippen LogP contribution in [0.15, 0.2) is 47.4 Å². The van der Waals surface area contributed by atoms with Crippen LogP contribution >= 0.6 is 0 Å². The number of hydrogen-bond donors (Lipinski definition) is 2. The second-order valence-electron chi connectivity index (χ2n) is 5.34. The Labute approximate surface area is 155 Å². The molecule has 2 aromatic rings. The summed E-state index contributed by atoms with van der Waals surface area (Å²) in [6.45, 7) is 3.77. The summed E-state index contributed by atoms with van der Waals surface area (Å²) < 4.78 is 60.8. The molecule has 2 N–H and O–H groups in total. The van der Waals surface area contributed by atoms with Crippen LogP contribution in [0.2, 0.25) is 0 Å². The fraction of sp³-hybridized carbons (Fsp3) is 0.235. The molecule has 27 heavy (non-hydrogen) atoms. The van der Waals surface area contributed by atoms with Crippen molar-refractivity contribution in [2.75, 3.05) is 6.61 Å². The van der Waals surface area contributed by atoms with Crippen LogP contribution < -0.4 is 19.7 Å². The molecule has 0 aromatic heterocycles. The number of carbonyl (C=O) groups excluding carboxylic acids is 1. The maximum Gasteiger partial charge on any atom is 0.275 e. The van der Waals surface area contributed by atoms with Crippen molar-refractivity contribution in [2.24, 2.45) is 0 Å². The lowest BCUT2D eigenvalue weighted by Gasteiger charge is -2.15. The molecule has 0 radical (unpaired) electrons. The highest BCUT2D eigenvalue weighted by atomic mass is 32.2. The molecule has 0 unspecified atom stereocenters. The van der Waals surface area contributed by atoms with Crippen molar-refractivity contribution < 1.29 is 31.5 Å². The van der Waals surface area contributed by atoms with E-state index in [4.69, 9.17) is 9.47 Å². The number of hydrazine groups is 1. The first-order valence-corrected chi connectivity index (χ1v) is 9.37. The first-order valence-electron chi connectivity index (χ1n) is 7.89. The number of benzene rings is 2. The molecule has 0 heterocycles. The Kier molecular flexibility index (Phi) is 6.70. The van der Waals surface area contributed by atoms with Gasteiger partial charge in [-0.15, -0.1) is 4.83 Å². The number of rotatable bonds is 8. The van der Waals surface area contributed by atoms with Crippen molar-refractivity contribution in [3.63, 3.8) is 0 Å². The molecule has 146 valence electrons. The topological polar surface area (TPSA) is 93.7 Å². The van der Waals surface area contributed by atoms with Gasteiger partial charge in [0.2, 0.25) is 0 Å². The van der Waals surface area contributed by atoms with Gasteiger partial charge in [-0.3, -0.25) is 10.2 Å². The highest BCUT2D eigenvalue weighted by Gasteiger charge is 2.20. The Morgan fingerprint density at radius 1 is 1.07 bits per heavy atom. The summed E-state index contributed by atoms with van der Waals surface area (Å²) in [5.41, 5.74) is 1.96. The second kappa shape index (κ2) is 8.78. The van der Waals surface area contributed by atoms with E-state index < -0.39 is 38.6 Å². The van der Waals surface area contributed by atoms with Crippen molar-refractivity contribution in [3.05, 3.63) is 54.1 Å². The zero-order valence-electron chi connectivity index (χ0n) is 14.5. The lowest BCUT2D eigenvalue weighted by atomic mass is 10.3. The van der Waals surface area contributed by atoms with E-state index in [0.29, 0.717) is 30.2 Å². The Bertz CT molecular complexity index is 904. The lowest BCUT2D eigenvalue weighted by Crippen LogP contribution is -2.47. The van der Waals surface area contributed by atoms with Crippen molar-refractivity contribution in [3.8, 4) is 11.5 Å². The molecule has 2 rings (SSSR count). The van der Waals surface area contributed by atoms with Crippen LogP contribution in [0.1, 0.15) is 13.8 Å². The quantitative estimate of drug-likeness (QED) is 0.663. The summed E-state index contributed by atoms with van der Waals surface area (Å²) in [6.07, 6.45) is -1.03. The average molecular weight is 400 g/mol. The smallest absolute Gasteiger partial charge is 0.275 e. The van der Waals surface area contributed by atoms with E-state index in [0.717, 1.165) is 6.07 Å². The van der Waals surface area contributed by atoms with E-state index in [2.05, 4.69) is 0 Å². The zero-order valence-corrected chi connectivity index (χ0v) is 15.3. The third kappa shape index (κ3) is 5.63. The summed E-state index contributed by atoms with van der Waals surface area (Å²) in [6, 6.07) is 8.56. The van der Waals surface area contributed by atoms with Crippen molar-refractivity contribution >= 4 is 15.9 Å². The Balaban J connectivity index is 1.94. The lowest BCUT2D eigenvalue weighted by molar-refractivity contribution is -0.127. The maximum absolute atomic E-state index is 13.2. The number of ether oxygens (including phenoxy) is 2. The van der Waals surface area contributed by atoms with Crippen molar-refractivity contribution in [2.45, 2.75) is 24.8 Å². The highest BCUT2D eigenvalue weighted by Crippen LogP contribution is 2.18. The summed E-state index contributed by atoms with van der Waals surface area (Å²) in [4.78, 5) is 13.3. The van der Waals surface area contributed by atoms with Crippen LogP contribution in [0.4, 0.5) is 8.78 Å². The van der Waals surface area contributed by atoms with Crippen LogP contribution in [0.5, 0.6) is 11.5 Å². The van der Waals surface area contributed by atoms with Crippen LogP contribution in [0.3, 0.4) is 0 Å². The van der Waals surface area contributed by atoms with Gasteiger partial charge in [0, 0.05) is 0 Å². The first kappa shape index (κ1) is 20.6. The Morgan fingerprint density at radius 2 is 1.70 bits per heavy atom. The zero-order chi connectivity index (χ0) is 20.0. The van der Waals surface area contributed by atoms with E-state index in [9.17, 15) is 22.0 Å². The maximum atomic E-state index is 13.2. The third-order valence-electron chi connectivity index (χ3n) is 3.33. The number of nitrogens with one attached hydrogen (secondary N) is 2. The molecule has 0 saturated heterocycles. The van der Waals surface area contributed by atoms with Gasteiger partial charge in [-0.25, -0.2) is 17.2 Å². The summed E-state index contributed by atoms with van der Waals surface area (Å²) in [5.74, 6) is -2.27. The van der Waals surface area contributed by atoms with Gasteiger partial charge in [0.15, 0.2) is 17.7 Å². The Hall–Kier alpha value is -2.72. The van der Waals surface area contributed by atoms with Gasteiger partial charge in [-0.2, -0.15) is 0 Å². The standard InChI is InChI=1S/C17H18F2N2O5S/c1-3-25-12-4-6-13(7-5-12)26-11(2)17(22)20-21-27(23,24)14-8-9-15(18)16(19)10-14/h4-11,21H,3H2,1-2H3,(H,20,22)/t11-/m0/s1. The second-order valence-corrected chi connectivity index (χ2v) is 7.02. The number of hydrogen-bond acceptors (Lipinski definition) is 5. The number of halogens is 2. The summed E-state index contributed by atoms with van der Waals surface area (Å²) >= 11 is 0. The fourth-order valence-corrected chi connectivity index (χ4v) is 2.82. The van der Waals surface area contributed by atoms with Gasteiger partial charge in [0.25, 0.3) is 15.9 Å². The van der Waals surface area contributed by atoms with E-state index in [1.165, 1.54) is 6.92 Å². The SMILES string of the molecule is CCOc1ccc(O[C@@H](C)C(=O)NNS(=O)(=O)c2ccc(F)c(F)c2)cc1. The largest absolute Gasteiger partial charge is 0.494 e. The monoisotopic (exact) mass is 400 g/mol. The molecule has 0 aliphatic rings. The van der Waals surface area contributed by atoms with Crippen LogP contribution in [-0.4, -0.2) is 27.0 Å². The van der Waals surface area contributed by atoms with Crippen LogP contribution in [0, 0.1) is 11.6 Å². The van der Waals surface area contributed by atoms with Gasteiger partial charge >= 0.3 is 0 Å². The first-order chi connectivity index (χ1) is 12.7. The molecule has 0 bridgehead atoms. The van der Waals surface area contributed by atoms with Crippen molar-refractivity contribution in [1.82, 2.24) is 10.3 Å². The van der Waals surface area contributed by atoms with Crippen molar-refractivity contribution in [1.29, 1.82) is 0 Å². The van der Waals surface area contributed by atoms with Crippen LogP contribution in [0.25, 0.3) is 0 Å². The average Bonchev–Trinajstić information content (AvgIpc) is 2.63. The number of sulfonamides is 1. The normalized spacial score (nSPS) is 12.3. The molecular weight excluding hydrogens is 382 g/mol. The van der Waals surface area contributed by atoms with E-state index in [-0.39, 0.29) is 0 Å². The van der Waals surface area contributed by atoms with Gasteiger partial charge in [0.1, 0.15) is 11.5 Å². The molecule has 0 aliphatic heterocycles. The van der Waals surface area contributed by atoms with E-state index in [1.54, 1.807) is 29.1 Å². The van der Waals surface area contributed by atoms with E-state index >= 15 is 0 Å². The minimum absolute atomic E-state index is 0.379. The van der Waals surface area contributed by atoms with Gasteiger partial charge in [0.05, 0.1) is 11.5 Å². The summed E-state index contributed by atoms with van der Waals surface area (Å²) in [7, 11) is -4.27. The fourth-order valence-electron chi connectivity index (χ4n) is 1.96. The number of carbonyl (C=O) groups is 1. The molecule has 0 fully saturated rings. The van der Waals surface area contributed by atoms with Gasteiger partial charge in [-0.1, -0.05) is 0 Å². The third-order valence-corrected chi connectivity index (χ3v) is 4.57. The molecular formula is C17H18F2N2O5S. The molecule has 1 amide bonds. The molecule has 2 aromatic carbocycles. The molecule has 0 saturated carbocycles. The minimum Gasteiger partial charge on any atom is -0.494 e. The molecule has 1 atom stereocenters. The van der Waals surface area contributed by atoms with Crippen LogP contribution in [-0.2, 0) is 14.8 Å². The molecule has 10 heteroatoms. The molecule has 7 nitrogen and oxygen atoms in total. The van der Waals surface area contributed by atoms with E-state index in [1.807, 2.05) is 12.3 Å². The highest BCUT2D eigenvalue weighted by molar-refractivity contribution is 7.89. The predicted octanol–water partition coefficient (Wildman–Crippen LogP) is 2.14. The molecule has 0 spiro atoms. The minimum atomic E-state index is -4.27. The van der Waals surface area contributed by atoms with Gasteiger partial charge < -0.3 is 9.47 Å². The molecule has 0 aliphatic carbocycles. The number of amides is 1. The summed E-state index contributed by atoms with van der Waals surface area (Å²) in [5, 5.41) is 0. The predicted molar refractivity (Wildman–Crippen MR) is 92.5 cm³/mol.